The molecule has 0 bridgehead atoms. The van der Waals surface area contributed by atoms with Gasteiger partial charge in [-0.15, -0.1) is 0 Å². The van der Waals surface area contributed by atoms with Crippen molar-refractivity contribution in [3.8, 4) is 11.1 Å². The molecule has 4 aromatic carbocycles. The van der Waals surface area contributed by atoms with Crippen LogP contribution in [-0.4, -0.2) is 4.98 Å². The summed E-state index contributed by atoms with van der Waals surface area (Å²) in [5.41, 5.74) is 8.02. The number of aromatic amines is 1. The minimum Gasteiger partial charge on any atom is -0.354 e. The van der Waals surface area contributed by atoms with Crippen molar-refractivity contribution in [3.05, 3.63) is 83.9 Å². The summed E-state index contributed by atoms with van der Waals surface area (Å²) in [6.07, 6.45) is 0. The molecular weight excluding hydrogens is 314 g/mol. The lowest BCUT2D eigenvalue weighted by atomic mass is 9.68. The van der Waals surface area contributed by atoms with E-state index in [0.29, 0.717) is 0 Å². The first-order valence-electron chi connectivity index (χ1n) is 9.23. The van der Waals surface area contributed by atoms with Gasteiger partial charge in [-0.1, -0.05) is 74.5 Å². The molecule has 6 rings (SSSR count). The van der Waals surface area contributed by atoms with Crippen LogP contribution in [-0.2, 0) is 5.41 Å². The summed E-state index contributed by atoms with van der Waals surface area (Å²) in [7, 11) is 0. The first-order valence-corrected chi connectivity index (χ1v) is 9.23. The highest BCUT2D eigenvalue weighted by Gasteiger charge is 2.34. The molecule has 0 saturated carbocycles. The number of nitrogens with one attached hydrogen (secondary N) is 1. The molecular formula is C25H19N. The van der Waals surface area contributed by atoms with Crippen molar-refractivity contribution < 1.29 is 0 Å². The Balaban J connectivity index is 1.96. The molecule has 0 amide bonds. The number of fused-ring (bicyclic) bond motifs is 6. The third-order valence-corrected chi connectivity index (χ3v) is 6.19. The lowest BCUT2D eigenvalue weighted by molar-refractivity contribution is 0.645. The number of rotatable bonds is 0. The second kappa shape index (κ2) is 4.56. The summed E-state index contributed by atoms with van der Waals surface area (Å²) in [6.45, 7) is 4.69. The maximum atomic E-state index is 3.72. The highest BCUT2D eigenvalue weighted by atomic mass is 14.7. The van der Waals surface area contributed by atoms with E-state index in [-0.39, 0.29) is 5.41 Å². The molecule has 1 aliphatic rings. The molecule has 1 nitrogen and oxygen atoms in total. The standard InChI is InChI=1S/C25H19N/c1-25(2)19-11-5-3-10-17(19)23-22-15(8-7-12-20(22)25)14-18-16-9-4-6-13-21(16)26-24(18)23/h3-14,26H,1-2H3. The number of benzene rings is 4. The van der Waals surface area contributed by atoms with E-state index in [4.69, 9.17) is 0 Å². The fraction of sp³-hybridized carbons (Fsp3) is 0.120. The predicted molar refractivity (Wildman–Crippen MR) is 111 cm³/mol. The monoisotopic (exact) mass is 333 g/mol. The third kappa shape index (κ3) is 1.56. The van der Waals surface area contributed by atoms with Crippen LogP contribution in [0.2, 0.25) is 0 Å². The molecule has 1 heteroatoms. The molecule has 0 saturated heterocycles. The van der Waals surface area contributed by atoms with Crippen molar-refractivity contribution in [1.82, 2.24) is 4.98 Å². The Hall–Kier alpha value is -3.06. The van der Waals surface area contributed by atoms with Crippen LogP contribution in [0.15, 0.2) is 72.8 Å². The predicted octanol–water partition coefficient (Wildman–Crippen LogP) is 6.78. The van der Waals surface area contributed by atoms with Crippen LogP contribution in [0.1, 0.15) is 25.0 Å². The summed E-state index contributed by atoms with van der Waals surface area (Å²) in [6, 6.07) is 26.6. The van der Waals surface area contributed by atoms with Gasteiger partial charge >= 0.3 is 0 Å². The van der Waals surface area contributed by atoms with E-state index >= 15 is 0 Å². The zero-order valence-corrected chi connectivity index (χ0v) is 14.9. The average Bonchev–Trinajstić information content (AvgIpc) is 3.03. The molecule has 1 aromatic heterocycles. The summed E-state index contributed by atoms with van der Waals surface area (Å²) < 4.78 is 0. The minimum absolute atomic E-state index is 0.00277. The van der Waals surface area contributed by atoms with Gasteiger partial charge in [-0.05, 0) is 39.6 Å². The molecule has 5 aromatic rings. The molecule has 1 aliphatic carbocycles. The van der Waals surface area contributed by atoms with Crippen molar-refractivity contribution >= 4 is 32.6 Å². The van der Waals surface area contributed by atoms with E-state index in [2.05, 4.69) is 91.6 Å². The first kappa shape index (κ1) is 14.1. The molecule has 26 heavy (non-hydrogen) atoms. The number of aromatic nitrogens is 1. The van der Waals surface area contributed by atoms with Gasteiger partial charge in [0.25, 0.3) is 0 Å². The molecule has 0 unspecified atom stereocenters. The van der Waals surface area contributed by atoms with Crippen LogP contribution in [0.25, 0.3) is 43.7 Å². The maximum Gasteiger partial charge on any atom is 0.0551 e. The van der Waals surface area contributed by atoms with Crippen LogP contribution >= 0.6 is 0 Å². The smallest absolute Gasteiger partial charge is 0.0551 e. The van der Waals surface area contributed by atoms with E-state index in [0.717, 1.165) is 0 Å². The van der Waals surface area contributed by atoms with Gasteiger partial charge in [0.1, 0.15) is 0 Å². The van der Waals surface area contributed by atoms with Crippen molar-refractivity contribution in [2.24, 2.45) is 0 Å². The van der Waals surface area contributed by atoms with E-state index in [1.165, 1.54) is 54.8 Å². The lowest BCUT2D eigenvalue weighted by Crippen LogP contribution is -2.23. The normalized spacial score (nSPS) is 14.8. The van der Waals surface area contributed by atoms with E-state index in [9.17, 15) is 0 Å². The second-order valence-electron chi connectivity index (χ2n) is 7.92. The van der Waals surface area contributed by atoms with Gasteiger partial charge in [0, 0.05) is 27.3 Å². The zero-order chi connectivity index (χ0) is 17.5. The fourth-order valence-electron chi connectivity index (χ4n) is 4.94. The van der Waals surface area contributed by atoms with Gasteiger partial charge < -0.3 is 4.98 Å². The molecule has 124 valence electrons. The Kier molecular flexibility index (Phi) is 2.48. The maximum absolute atomic E-state index is 3.72. The number of hydrogen-bond donors (Lipinski definition) is 1. The van der Waals surface area contributed by atoms with E-state index in [1.807, 2.05) is 0 Å². The Labute approximate surface area is 152 Å². The van der Waals surface area contributed by atoms with Gasteiger partial charge in [0.05, 0.1) is 5.52 Å². The van der Waals surface area contributed by atoms with Gasteiger partial charge in [-0.3, -0.25) is 0 Å². The third-order valence-electron chi connectivity index (χ3n) is 6.19. The van der Waals surface area contributed by atoms with Gasteiger partial charge in [-0.25, -0.2) is 0 Å². The van der Waals surface area contributed by atoms with E-state index < -0.39 is 0 Å². The van der Waals surface area contributed by atoms with Crippen LogP contribution in [0.5, 0.6) is 0 Å². The van der Waals surface area contributed by atoms with Crippen molar-refractivity contribution in [2.75, 3.05) is 0 Å². The lowest BCUT2D eigenvalue weighted by Gasteiger charge is -2.35. The van der Waals surface area contributed by atoms with Crippen LogP contribution in [0.3, 0.4) is 0 Å². The topological polar surface area (TPSA) is 15.8 Å². The zero-order valence-electron chi connectivity index (χ0n) is 14.9. The molecule has 0 spiro atoms. The fourth-order valence-corrected chi connectivity index (χ4v) is 4.94. The van der Waals surface area contributed by atoms with Crippen molar-refractivity contribution in [2.45, 2.75) is 19.3 Å². The molecule has 0 fully saturated rings. The SMILES string of the molecule is CC1(C)c2ccccc2-c2c3[nH]c4ccccc4c3cc3cccc1c23. The second-order valence-corrected chi connectivity index (χ2v) is 7.92. The Morgan fingerprint density at radius 3 is 2.42 bits per heavy atom. The summed E-state index contributed by atoms with van der Waals surface area (Å²) >= 11 is 0. The largest absolute Gasteiger partial charge is 0.354 e. The van der Waals surface area contributed by atoms with Crippen LogP contribution < -0.4 is 0 Å². The number of H-pyrrole nitrogens is 1. The summed E-state index contributed by atoms with van der Waals surface area (Å²) in [4.78, 5) is 3.72. The summed E-state index contributed by atoms with van der Waals surface area (Å²) in [5, 5.41) is 5.34. The Morgan fingerprint density at radius 1 is 0.731 bits per heavy atom. The Morgan fingerprint density at radius 2 is 1.50 bits per heavy atom. The highest BCUT2D eigenvalue weighted by Crippen LogP contribution is 2.51. The first-order chi connectivity index (χ1) is 12.7. The highest BCUT2D eigenvalue weighted by molar-refractivity contribution is 6.21. The van der Waals surface area contributed by atoms with Crippen LogP contribution in [0.4, 0.5) is 0 Å². The molecule has 0 atom stereocenters. The molecule has 0 radical (unpaired) electrons. The van der Waals surface area contributed by atoms with Crippen molar-refractivity contribution in [3.63, 3.8) is 0 Å². The summed E-state index contributed by atoms with van der Waals surface area (Å²) in [5.74, 6) is 0. The van der Waals surface area contributed by atoms with Crippen LogP contribution in [0, 0.1) is 0 Å². The quantitative estimate of drug-likeness (QED) is 0.321. The number of hydrogen-bond acceptors (Lipinski definition) is 0. The average molecular weight is 333 g/mol. The van der Waals surface area contributed by atoms with E-state index in [1.54, 1.807) is 0 Å². The van der Waals surface area contributed by atoms with Gasteiger partial charge in [0.2, 0.25) is 0 Å². The number of para-hydroxylation sites is 1. The Bertz CT molecular complexity index is 1350. The molecule has 0 aliphatic heterocycles. The van der Waals surface area contributed by atoms with Crippen molar-refractivity contribution in [1.29, 1.82) is 0 Å². The molecule has 1 heterocycles. The molecule has 1 N–H and O–H groups in total. The van der Waals surface area contributed by atoms with Gasteiger partial charge in [0.15, 0.2) is 0 Å². The van der Waals surface area contributed by atoms with Gasteiger partial charge in [-0.2, -0.15) is 0 Å². The minimum atomic E-state index is 0.00277.